The minimum absolute atomic E-state index is 0.0198. The van der Waals surface area contributed by atoms with E-state index >= 15 is 0 Å². The molecule has 16 heteroatoms. The summed E-state index contributed by atoms with van der Waals surface area (Å²) in [6.45, 7) is 5.50. The van der Waals surface area contributed by atoms with E-state index in [4.69, 9.17) is 26.3 Å². The Morgan fingerprint density at radius 1 is 0.966 bits per heavy atom. The summed E-state index contributed by atoms with van der Waals surface area (Å²) in [5.41, 5.74) is 2.12. The number of ether oxygens (including phenoxy) is 2. The van der Waals surface area contributed by atoms with Crippen LogP contribution in [0.15, 0.2) is 48.8 Å². The van der Waals surface area contributed by atoms with Crippen LogP contribution in [0.1, 0.15) is 113 Å². The van der Waals surface area contributed by atoms with Gasteiger partial charge in [-0.25, -0.2) is 9.97 Å². The molecule has 59 heavy (non-hydrogen) atoms. The van der Waals surface area contributed by atoms with Gasteiger partial charge in [-0.15, -0.1) is 0 Å². The van der Waals surface area contributed by atoms with E-state index in [0.29, 0.717) is 46.2 Å². The molecule has 3 aliphatic heterocycles. The molecule has 5 heterocycles. The minimum Gasteiger partial charge on any atom is -0.493 e. The van der Waals surface area contributed by atoms with Gasteiger partial charge in [-0.2, -0.15) is 5.26 Å². The molecule has 2 aromatic heterocycles. The number of piperidine rings is 2. The molecule has 1 atom stereocenters. The fourth-order valence-electron chi connectivity index (χ4n) is 8.73. The maximum absolute atomic E-state index is 13.5. The second-order valence-corrected chi connectivity index (χ2v) is 16.0. The van der Waals surface area contributed by atoms with Crippen LogP contribution in [0.2, 0.25) is 5.02 Å². The highest BCUT2D eigenvalue weighted by molar-refractivity contribution is 6.32. The number of nitriles is 1. The van der Waals surface area contributed by atoms with Crippen LogP contribution in [0.5, 0.6) is 11.5 Å². The number of rotatable bonds is 12. The average molecular weight is 821 g/mol. The molecule has 306 valence electrons. The first-order valence-electron chi connectivity index (χ1n) is 20.3. The van der Waals surface area contributed by atoms with Gasteiger partial charge in [0.25, 0.3) is 17.7 Å². The van der Waals surface area contributed by atoms with Crippen molar-refractivity contribution in [3.8, 4) is 17.6 Å². The number of aromatic nitrogens is 3. The number of hydrogen-bond acceptors (Lipinski definition) is 11. The monoisotopic (exact) mass is 820 g/mol. The van der Waals surface area contributed by atoms with Gasteiger partial charge >= 0.3 is 0 Å². The first kappa shape index (κ1) is 40.0. The highest BCUT2D eigenvalue weighted by Crippen LogP contribution is 2.37. The Morgan fingerprint density at radius 2 is 1.71 bits per heavy atom. The normalized spacial score (nSPS) is 21.3. The Labute approximate surface area is 346 Å². The fourth-order valence-corrected chi connectivity index (χ4v) is 8.94. The number of hydrogen-bond donors (Lipinski definition) is 2. The van der Waals surface area contributed by atoms with E-state index in [1.54, 1.807) is 47.3 Å². The van der Waals surface area contributed by atoms with Crippen LogP contribution in [0.4, 0.5) is 0 Å². The molecule has 3 fully saturated rings. The number of carbonyl (C=O) groups is 5. The molecule has 0 spiro atoms. The van der Waals surface area contributed by atoms with Gasteiger partial charge in [0.2, 0.25) is 11.8 Å². The van der Waals surface area contributed by atoms with Crippen molar-refractivity contribution in [3.63, 3.8) is 0 Å². The average Bonchev–Trinajstić information content (AvgIpc) is 3.70. The van der Waals surface area contributed by atoms with Gasteiger partial charge in [0.15, 0.2) is 0 Å². The summed E-state index contributed by atoms with van der Waals surface area (Å²) in [5.74, 6) is -0.00315. The number of imide groups is 2. The van der Waals surface area contributed by atoms with E-state index < -0.39 is 29.7 Å². The molecule has 2 saturated heterocycles. The molecule has 0 bridgehead atoms. The second kappa shape index (κ2) is 17.2. The lowest BCUT2D eigenvalue weighted by molar-refractivity contribution is -0.136. The van der Waals surface area contributed by atoms with Crippen molar-refractivity contribution in [2.75, 3.05) is 26.2 Å². The maximum Gasteiger partial charge on any atom is 0.278 e. The van der Waals surface area contributed by atoms with Crippen LogP contribution in [-0.4, -0.2) is 98.3 Å². The van der Waals surface area contributed by atoms with E-state index in [9.17, 15) is 24.0 Å². The Kier molecular flexibility index (Phi) is 11.6. The van der Waals surface area contributed by atoms with Crippen molar-refractivity contribution in [1.82, 2.24) is 35.0 Å². The highest BCUT2D eigenvalue weighted by atomic mass is 35.5. The first-order chi connectivity index (χ1) is 28.6. The number of carbonyl (C=O) groups excluding carboxylic acids is 5. The van der Waals surface area contributed by atoms with Crippen molar-refractivity contribution in [3.05, 3.63) is 82.0 Å². The largest absolute Gasteiger partial charge is 0.493 e. The van der Waals surface area contributed by atoms with Crippen molar-refractivity contribution < 1.29 is 33.4 Å². The van der Waals surface area contributed by atoms with Gasteiger partial charge in [-0.1, -0.05) is 11.6 Å². The summed E-state index contributed by atoms with van der Waals surface area (Å²) < 4.78 is 14.0. The number of nitrogens with one attached hydrogen (secondary N) is 2. The van der Waals surface area contributed by atoms with Crippen molar-refractivity contribution >= 4 is 52.0 Å². The molecule has 15 nitrogen and oxygen atoms in total. The molecule has 5 amide bonds. The minimum atomic E-state index is -1.01. The molecule has 1 saturated carbocycles. The van der Waals surface area contributed by atoms with E-state index in [-0.39, 0.29) is 48.1 Å². The van der Waals surface area contributed by atoms with E-state index in [1.165, 1.54) is 0 Å². The molecule has 0 radical (unpaired) electrons. The predicted molar refractivity (Wildman–Crippen MR) is 215 cm³/mol. The number of halogens is 1. The van der Waals surface area contributed by atoms with Crippen LogP contribution in [0, 0.1) is 11.3 Å². The van der Waals surface area contributed by atoms with Crippen LogP contribution in [-0.2, 0) is 16.1 Å². The smallest absolute Gasteiger partial charge is 0.278 e. The molecule has 2 N–H and O–H groups in total. The lowest BCUT2D eigenvalue weighted by Crippen LogP contribution is -2.54. The number of fused-ring (bicyclic) bond motifs is 3. The van der Waals surface area contributed by atoms with Gasteiger partial charge in [0.05, 0.1) is 39.9 Å². The lowest BCUT2D eigenvalue weighted by Gasteiger charge is -2.31. The van der Waals surface area contributed by atoms with Crippen molar-refractivity contribution in [1.29, 1.82) is 5.26 Å². The van der Waals surface area contributed by atoms with Crippen LogP contribution in [0.25, 0.3) is 10.9 Å². The summed E-state index contributed by atoms with van der Waals surface area (Å²) in [6, 6.07) is 11.6. The number of likely N-dealkylation sites (tertiary alicyclic amines) is 1. The van der Waals surface area contributed by atoms with Gasteiger partial charge in [-0.05, 0) is 95.6 Å². The van der Waals surface area contributed by atoms with E-state index in [1.807, 2.05) is 19.1 Å². The summed E-state index contributed by atoms with van der Waals surface area (Å²) >= 11 is 6.14. The summed E-state index contributed by atoms with van der Waals surface area (Å²) in [7, 11) is 0. The first-order valence-corrected chi connectivity index (χ1v) is 20.7. The molecule has 2 aromatic carbocycles. The second-order valence-electron chi connectivity index (χ2n) is 15.6. The zero-order chi connectivity index (χ0) is 41.2. The molecule has 1 aliphatic carbocycles. The van der Waals surface area contributed by atoms with Crippen molar-refractivity contribution in [2.24, 2.45) is 0 Å². The van der Waals surface area contributed by atoms with Gasteiger partial charge in [0.1, 0.15) is 35.1 Å². The van der Waals surface area contributed by atoms with Gasteiger partial charge in [-0.3, -0.25) is 34.2 Å². The van der Waals surface area contributed by atoms with Crippen LogP contribution in [0.3, 0.4) is 0 Å². The Hall–Kier alpha value is -5.85. The zero-order valence-corrected chi connectivity index (χ0v) is 33.5. The van der Waals surface area contributed by atoms with Gasteiger partial charge in [0, 0.05) is 61.4 Å². The summed E-state index contributed by atoms with van der Waals surface area (Å²) in [5, 5.41) is 15.4. The Morgan fingerprint density at radius 3 is 2.41 bits per heavy atom. The highest BCUT2D eigenvalue weighted by Gasteiger charge is 2.47. The van der Waals surface area contributed by atoms with Crippen LogP contribution < -0.4 is 20.1 Å². The molecule has 1 unspecified atom stereocenters. The lowest BCUT2D eigenvalue weighted by atomic mass is 9.92. The summed E-state index contributed by atoms with van der Waals surface area (Å²) in [4.78, 5) is 76.9. The molecular formula is C43H45ClN8O7. The maximum atomic E-state index is 13.5. The third-order valence-electron chi connectivity index (χ3n) is 11.9. The van der Waals surface area contributed by atoms with Gasteiger partial charge < -0.3 is 24.3 Å². The predicted octanol–water partition coefficient (Wildman–Crippen LogP) is 5.15. The van der Waals surface area contributed by atoms with E-state index in [0.717, 1.165) is 80.8 Å². The molecule has 8 rings (SSSR count). The number of nitrogens with zero attached hydrogens (tertiary/aromatic N) is 6. The number of amides is 5. The molecular weight excluding hydrogens is 776 g/mol. The third kappa shape index (κ3) is 8.24. The fraction of sp³-hybridized carbons (Fsp3) is 0.442. The van der Waals surface area contributed by atoms with Crippen molar-refractivity contribution in [2.45, 2.75) is 95.4 Å². The van der Waals surface area contributed by atoms with E-state index in [2.05, 4.69) is 25.5 Å². The molecule has 4 aliphatic rings. The van der Waals surface area contributed by atoms with Crippen LogP contribution >= 0.6 is 11.6 Å². The zero-order valence-electron chi connectivity index (χ0n) is 32.7. The molecule has 4 aromatic rings. The Balaban J connectivity index is 0.764. The SMILES string of the molecule is CCn1c2c(c3ccc(OCCCN4CCC(c5ncc(C(=O)NC6CCC(Oc7ccc(C#N)c(Cl)c7)CC6)cn5)CC4)cc31)C(=O)N(C1CCC(=O)NC1=O)C2=O. The summed E-state index contributed by atoms with van der Waals surface area (Å²) in [6.07, 6.45) is 9.26. The number of aryl methyl sites for hydroxylation is 1. The Bertz CT molecular complexity index is 2340. The standard InChI is InChI=1S/C43H45ClN8O7/c1-2-51-35-21-30(10-11-32(35)37-38(51)43(57)52(42(37)56)34-12-13-36(53)49-41(34)55)58-19-3-16-50-17-14-25(15-18-50)39-46-23-27(24-47-39)40(54)48-28-5-8-29(9-6-28)59-31-7-4-26(22-45)33(44)20-31/h4,7,10-11,20-21,23-25,28-29,34H,2-3,5-6,8-9,12-19H2,1H3,(H,48,54)(H,49,53,55). The topological polar surface area (TPSA) is 189 Å². The third-order valence-corrected chi connectivity index (χ3v) is 12.2. The quantitative estimate of drug-likeness (QED) is 0.142. The number of benzene rings is 2.